The first kappa shape index (κ1) is 23.8. The zero-order valence-corrected chi connectivity index (χ0v) is 21.0. The van der Waals surface area contributed by atoms with Crippen LogP contribution >= 0.6 is 0 Å². The van der Waals surface area contributed by atoms with Crippen LogP contribution in [-0.2, 0) is 6.61 Å². The highest BCUT2D eigenvalue weighted by atomic mass is 16.5. The summed E-state index contributed by atoms with van der Waals surface area (Å²) in [6.07, 6.45) is 4.94. The van der Waals surface area contributed by atoms with Crippen LogP contribution in [-0.4, -0.2) is 28.0 Å². The third kappa shape index (κ3) is 5.48. The first-order chi connectivity index (χ1) is 17.5. The van der Waals surface area contributed by atoms with E-state index in [4.69, 9.17) is 9.72 Å². The Balaban J connectivity index is 1.56. The molecule has 1 aromatic heterocycles. The zero-order valence-electron chi connectivity index (χ0n) is 21.0. The van der Waals surface area contributed by atoms with Gasteiger partial charge >= 0.3 is 0 Å². The Bertz CT molecular complexity index is 1380. The summed E-state index contributed by atoms with van der Waals surface area (Å²) < 4.78 is 6.38. The van der Waals surface area contributed by atoms with Crippen molar-refractivity contribution in [2.75, 3.05) is 5.32 Å². The molecule has 0 saturated heterocycles. The number of anilines is 1. The maximum Gasteiger partial charge on any atom is 0.251 e. The molecule has 3 aromatic carbocycles. The van der Waals surface area contributed by atoms with Gasteiger partial charge in [-0.05, 0) is 68.0 Å². The number of carbonyl (C=O) groups excluding carboxylic acids is 1. The molecule has 1 saturated carbocycles. The van der Waals surface area contributed by atoms with Crippen LogP contribution in [0.25, 0.3) is 22.0 Å². The lowest BCUT2D eigenvalue weighted by Gasteiger charge is -2.17. The largest absolute Gasteiger partial charge is 0.488 e. The molecule has 184 valence electrons. The molecule has 1 heterocycles. The van der Waals surface area contributed by atoms with Gasteiger partial charge in [0.05, 0.1) is 5.52 Å². The summed E-state index contributed by atoms with van der Waals surface area (Å²) in [6.45, 7) is 6.73. The van der Waals surface area contributed by atoms with E-state index in [-0.39, 0.29) is 11.9 Å². The first-order valence-corrected chi connectivity index (χ1v) is 12.7. The summed E-state index contributed by atoms with van der Waals surface area (Å²) in [6, 6.07) is 20.6. The lowest BCUT2D eigenvalue weighted by atomic mass is 9.96. The quantitative estimate of drug-likeness (QED) is 0.295. The van der Waals surface area contributed by atoms with Gasteiger partial charge in [0.1, 0.15) is 12.4 Å². The van der Waals surface area contributed by atoms with E-state index in [2.05, 4.69) is 42.5 Å². The topological polar surface area (TPSA) is 76.1 Å². The van der Waals surface area contributed by atoms with Gasteiger partial charge in [0.25, 0.3) is 5.91 Å². The Morgan fingerprint density at radius 2 is 1.89 bits per heavy atom. The lowest BCUT2D eigenvalue weighted by Crippen LogP contribution is -2.25. The van der Waals surface area contributed by atoms with Crippen LogP contribution < -0.4 is 15.4 Å². The number of fused-ring (bicyclic) bond motifs is 1. The Hall–Kier alpha value is -3.93. The fourth-order valence-electron chi connectivity index (χ4n) is 4.07. The Morgan fingerprint density at radius 1 is 1.08 bits per heavy atom. The van der Waals surface area contributed by atoms with Crippen molar-refractivity contribution in [2.45, 2.75) is 58.7 Å². The Morgan fingerprint density at radius 3 is 2.64 bits per heavy atom. The van der Waals surface area contributed by atoms with Gasteiger partial charge in [0.15, 0.2) is 0 Å². The lowest BCUT2D eigenvalue weighted by molar-refractivity contribution is 0.0951. The van der Waals surface area contributed by atoms with E-state index < -0.39 is 0 Å². The number of hydrogen-bond acceptors (Lipinski definition) is 5. The third-order valence-electron chi connectivity index (χ3n) is 6.61. The molecular weight excluding hydrogens is 448 g/mol. The van der Waals surface area contributed by atoms with Gasteiger partial charge in [-0.15, -0.1) is 0 Å². The van der Waals surface area contributed by atoms with E-state index in [1.807, 2.05) is 60.8 Å². The number of benzene rings is 3. The second-order valence-corrected chi connectivity index (χ2v) is 9.61. The van der Waals surface area contributed by atoms with Crippen molar-refractivity contribution in [3.8, 4) is 16.9 Å². The number of aryl methyl sites for hydroxylation is 1. The third-order valence-corrected chi connectivity index (χ3v) is 6.61. The number of nitrogens with zero attached hydrogens (tertiary/aromatic N) is 2. The Labute approximate surface area is 212 Å². The number of carbonyl (C=O) groups is 1. The molecule has 1 unspecified atom stereocenters. The van der Waals surface area contributed by atoms with Crippen molar-refractivity contribution in [3.05, 3.63) is 83.6 Å². The van der Waals surface area contributed by atoms with Crippen LogP contribution in [0, 0.1) is 6.92 Å². The summed E-state index contributed by atoms with van der Waals surface area (Å²) in [7, 11) is 0. The summed E-state index contributed by atoms with van der Waals surface area (Å²) in [4.78, 5) is 22.1. The highest BCUT2D eigenvalue weighted by Gasteiger charge is 2.24. The highest BCUT2D eigenvalue weighted by Crippen LogP contribution is 2.37. The number of rotatable bonds is 9. The second-order valence-electron chi connectivity index (χ2n) is 9.61. The molecule has 2 N–H and O–H groups in total. The molecule has 0 radical (unpaired) electrons. The zero-order chi connectivity index (χ0) is 25.1. The molecule has 4 aromatic rings. The first-order valence-electron chi connectivity index (χ1n) is 12.7. The summed E-state index contributed by atoms with van der Waals surface area (Å²) in [5.41, 5.74) is 5.50. The summed E-state index contributed by atoms with van der Waals surface area (Å²) in [5.74, 6) is 1.30. The van der Waals surface area contributed by atoms with Crippen molar-refractivity contribution in [3.63, 3.8) is 0 Å². The average Bonchev–Trinajstić information content (AvgIpc) is 3.71. The van der Waals surface area contributed by atoms with Gasteiger partial charge in [-0.3, -0.25) is 4.79 Å². The van der Waals surface area contributed by atoms with Crippen molar-refractivity contribution in [1.29, 1.82) is 0 Å². The predicted molar refractivity (Wildman–Crippen MR) is 144 cm³/mol. The van der Waals surface area contributed by atoms with E-state index in [1.165, 1.54) is 0 Å². The maximum absolute atomic E-state index is 12.8. The number of nitrogens with one attached hydrogen (secondary N) is 2. The number of amides is 1. The molecule has 1 aliphatic rings. The van der Waals surface area contributed by atoms with Gasteiger partial charge in [-0.2, -0.15) is 0 Å². The molecule has 1 fully saturated rings. The molecule has 6 nitrogen and oxygen atoms in total. The molecule has 5 rings (SSSR count). The van der Waals surface area contributed by atoms with E-state index in [9.17, 15) is 4.79 Å². The predicted octanol–water partition coefficient (Wildman–Crippen LogP) is 6.29. The molecule has 0 spiro atoms. The summed E-state index contributed by atoms with van der Waals surface area (Å²) in [5, 5.41) is 7.35. The Kier molecular flexibility index (Phi) is 6.85. The van der Waals surface area contributed by atoms with E-state index in [1.54, 1.807) is 0 Å². The molecule has 0 bridgehead atoms. The van der Waals surface area contributed by atoms with Crippen molar-refractivity contribution in [1.82, 2.24) is 15.3 Å². The smallest absolute Gasteiger partial charge is 0.251 e. The van der Waals surface area contributed by atoms with Crippen LogP contribution in [0.5, 0.6) is 5.75 Å². The number of ether oxygens (including phenoxy) is 1. The van der Waals surface area contributed by atoms with Crippen molar-refractivity contribution in [2.24, 2.45) is 0 Å². The fourth-order valence-corrected chi connectivity index (χ4v) is 4.07. The monoisotopic (exact) mass is 480 g/mol. The standard InChI is InChI=1S/C30H32N4O2/c1-4-20(3)32-30-31-17-23-15-26(25-14-22(11-10-19(25)2)29(35)33-24-12-13-24)28(16-27(23)34-30)36-18-21-8-6-5-7-9-21/h5-11,14-17,20,24H,4,12-13,18H2,1-3H3,(H,33,35)(H,31,32,34). The highest BCUT2D eigenvalue weighted by molar-refractivity contribution is 5.97. The molecule has 6 heteroatoms. The minimum Gasteiger partial charge on any atom is -0.488 e. The number of aromatic nitrogens is 2. The van der Waals surface area contributed by atoms with Gasteiger partial charge in [-0.1, -0.05) is 43.3 Å². The average molecular weight is 481 g/mol. The minimum atomic E-state index is -0.0320. The minimum absolute atomic E-state index is 0.0320. The van der Waals surface area contributed by atoms with E-state index in [0.29, 0.717) is 24.2 Å². The van der Waals surface area contributed by atoms with Crippen LogP contribution in [0.2, 0.25) is 0 Å². The molecule has 1 atom stereocenters. The second kappa shape index (κ2) is 10.4. The van der Waals surface area contributed by atoms with E-state index in [0.717, 1.165) is 58.2 Å². The van der Waals surface area contributed by atoms with E-state index >= 15 is 0 Å². The molecule has 36 heavy (non-hydrogen) atoms. The van der Waals surface area contributed by atoms with Crippen LogP contribution in [0.1, 0.15) is 54.6 Å². The fraction of sp³-hybridized carbons (Fsp3) is 0.300. The van der Waals surface area contributed by atoms with Crippen LogP contribution in [0.3, 0.4) is 0 Å². The SMILES string of the molecule is CCC(C)Nc1ncc2cc(-c3cc(C(=O)NC4CC4)ccc3C)c(OCc3ccccc3)cc2n1. The molecule has 1 amide bonds. The molecular formula is C30H32N4O2. The van der Waals surface area contributed by atoms with Gasteiger partial charge in [0.2, 0.25) is 5.95 Å². The molecule has 1 aliphatic carbocycles. The maximum atomic E-state index is 12.8. The summed E-state index contributed by atoms with van der Waals surface area (Å²) >= 11 is 0. The van der Waals surface area contributed by atoms with Crippen molar-refractivity contribution < 1.29 is 9.53 Å². The van der Waals surface area contributed by atoms with Gasteiger partial charge < -0.3 is 15.4 Å². The van der Waals surface area contributed by atoms with Gasteiger partial charge in [-0.25, -0.2) is 9.97 Å². The number of hydrogen-bond donors (Lipinski definition) is 2. The normalized spacial score (nSPS) is 13.9. The van der Waals surface area contributed by atoms with Crippen LogP contribution in [0.15, 0.2) is 66.9 Å². The van der Waals surface area contributed by atoms with Gasteiger partial charge in [0, 0.05) is 40.9 Å². The molecule has 0 aliphatic heterocycles. The van der Waals surface area contributed by atoms with Crippen LogP contribution in [0.4, 0.5) is 5.95 Å². The van der Waals surface area contributed by atoms with Crippen molar-refractivity contribution >= 4 is 22.8 Å².